The van der Waals surface area contributed by atoms with E-state index in [0.29, 0.717) is 13.1 Å². The van der Waals surface area contributed by atoms with E-state index in [1.807, 2.05) is 53.6 Å². The summed E-state index contributed by atoms with van der Waals surface area (Å²) < 4.78 is 0. The van der Waals surface area contributed by atoms with Crippen molar-refractivity contribution in [2.45, 2.75) is 13.1 Å². The Morgan fingerprint density at radius 2 is 1.69 bits per heavy atom. The van der Waals surface area contributed by atoms with Crippen molar-refractivity contribution in [2.24, 2.45) is 0 Å². The van der Waals surface area contributed by atoms with Crippen LogP contribution < -0.4 is 0 Å². The number of hydrogen-bond donors (Lipinski definition) is 1. The number of H-pyrrole nitrogens is 1. The van der Waals surface area contributed by atoms with Gasteiger partial charge in [-0.3, -0.25) is 4.79 Å². The fourth-order valence-electron chi connectivity index (χ4n) is 4.47. The Balaban J connectivity index is 1.37. The van der Waals surface area contributed by atoms with Gasteiger partial charge in [0.25, 0.3) is 5.91 Å². The summed E-state index contributed by atoms with van der Waals surface area (Å²) in [5, 5.41) is 3.09. The standard InChI is InChI=1S/C28H21N3O/c32-28-26-23-14-12-21-16-29-22(13-11-19-7-3-1-4-8-19)15-24(21)27(23)30-25(26)18-31(28)17-20-9-5-2-6-10-20/h1-16,29H,17-18H2. The van der Waals surface area contributed by atoms with Crippen molar-refractivity contribution < 1.29 is 4.79 Å². The fraction of sp³-hybridized carbons (Fsp3) is 0.0714. The lowest BCUT2D eigenvalue weighted by atomic mass is 10.1. The molecule has 4 nitrogen and oxygen atoms in total. The van der Waals surface area contributed by atoms with E-state index < -0.39 is 0 Å². The number of nitrogens with one attached hydrogen (secondary N) is 1. The van der Waals surface area contributed by atoms with Gasteiger partial charge in [-0.2, -0.15) is 0 Å². The minimum Gasteiger partial charge on any atom is -0.361 e. The quantitative estimate of drug-likeness (QED) is 0.389. The van der Waals surface area contributed by atoms with Crippen molar-refractivity contribution in [3.05, 3.63) is 113 Å². The summed E-state index contributed by atoms with van der Waals surface area (Å²) in [7, 11) is 0. The van der Waals surface area contributed by atoms with Gasteiger partial charge in [-0.1, -0.05) is 78.9 Å². The van der Waals surface area contributed by atoms with E-state index >= 15 is 0 Å². The first kappa shape index (κ1) is 18.6. The predicted molar refractivity (Wildman–Crippen MR) is 129 cm³/mol. The molecule has 1 aliphatic heterocycles. The van der Waals surface area contributed by atoms with Crippen LogP contribution in [0.15, 0.2) is 85.1 Å². The number of fused-ring (bicyclic) bond motifs is 5. The summed E-state index contributed by atoms with van der Waals surface area (Å²) in [4.78, 5) is 23.4. The molecule has 0 unspecified atom stereocenters. The Hall–Kier alpha value is -4.18. The van der Waals surface area contributed by atoms with Crippen LogP contribution in [-0.4, -0.2) is 20.8 Å². The van der Waals surface area contributed by atoms with Crippen molar-refractivity contribution >= 4 is 39.7 Å². The van der Waals surface area contributed by atoms with E-state index in [1.54, 1.807) is 0 Å². The van der Waals surface area contributed by atoms with Gasteiger partial charge in [0.2, 0.25) is 0 Å². The van der Waals surface area contributed by atoms with Crippen LogP contribution in [0.4, 0.5) is 0 Å². The molecule has 4 heteroatoms. The number of benzene rings is 3. The highest BCUT2D eigenvalue weighted by Crippen LogP contribution is 2.35. The molecule has 0 bridgehead atoms. The second-order valence-electron chi connectivity index (χ2n) is 8.18. The Kier molecular flexibility index (Phi) is 4.36. The Morgan fingerprint density at radius 1 is 0.906 bits per heavy atom. The van der Waals surface area contributed by atoms with Crippen LogP contribution in [0.25, 0.3) is 33.8 Å². The van der Waals surface area contributed by atoms with Crippen LogP contribution in [-0.2, 0) is 13.1 Å². The number of nitrogens with zero attached hydrogens (tertiary/aromatic N) is 2. The van der Waals surface area contributed by atoms with Crippen molar-refractivity contribution in [1.29, 1.82) is 0 Å². The van der Waals surface area contributed by atoms with Crippen LogP contribution in [0.5, 0.6) is 0 Å². The highest BCUT2D eigenvalue weighted by molar-refractivity contribution is 6.16. The molecule has 0 spiro atoms. The number of pyridine rings is 1. The van der Waals surface area contributed by atoms with Crippen LogP contribution in [0.3, 0.4) is 0 Å². The molecule has 0 aliphatic carbocycles. The molecular weight excluding hydrogens is 394 g/mol. The Morgan fingerprint density at radius 3 is 2.50 bits per heavy atom. The second-order valence-corrected chi connectivity index (χ2v) is 8.18. The SMILES string of the molecule is O=C1c2c(nc3c2ccc2c[nH]c(C=Cc4ccccc4)cc23)CN1Cc1ccccc1. The van der Waals surface area contributed by atoms with Crippen LogP contribution in [0.1, 0.15) is 32.9 Å². The zero-order valence-electron chi connectivity index (χ0n) is 17.5. The minimum absolute atomic E-state index is 0.0670. The van der Waals surface area contributed by atoms with Gasteiger partial charge < -0.3 is 9.88 Å². The number of hydrogen-bond acceptors (Lipinski definition) is 2. The zero-order valence-corrected chi connectivity index (χ0v) is 17.5. The molecule has 1 aliphatic rings. The van der Waals surface area contributed by atoms with Gasteiger partial charge in [-0.15, -0.1) is 0 Å². The lowest BCUT2D eigenvalue weighted by Crippen LogP contribution is -2.23. The number of rotatable bonds is 4. The molecule has 0 atom stereocenters. The molecule has 1 amide bonds. The van der Waals surface area contributed by atoms with E-state index in [1.165, 1.54) is 0 Å². The van der Waals surface area contributed by atoms with Gasteiger partial charge in [0.15, 0.2) is 0 Å². The third-order valence-corrected chi connectivity index (χ3v) is 6.06. The third-order valence-electron chi connectivity index (χ3n) is 6.06. The topological polar surface area (TPSA) is 49.0 Å². The van der Waals surface area contributed by atoms with E-state index in [2.05, 4.69) is 53.5 Å². The predicted octanol–water partition coefficient (Wildman–Crippen LogP) is 6.04. The maximum atomic E-state index is 13.2. The second kappa shape index (κ2) is 7.50. The van der Waals surface area contributed by atoms with Gasteiger partial charge in [0.1, 0.15) is 0 Å². The molecule has 154 valence electrons. The summed E-state index contributed by atoms with van der Waals surface area (Å²) in [5.74, 6) is 0.0670. The third kappa shape index (κ3) is 3.17. The molecule has 0 radical (unpaired) electrons. The number of aromatic amines is 1. The Labute approximate surface area is 185 Å². The molecular formula is C28H21N3O. The van der Waals surface area contributed by atoms with Crippen molar-refractivity contribution in [3.8, 4) is 0 Å². The number of carbonyl (C=O) groups excluding carboxylic acids is 1. The van der Waals surface area contributed by atoms with Gasteiger partial charge in [-0.05, 0) is 28.7 Å². The molecule has 1 N–H and O–H groups in total. The van der Waals surface area contributed by atoms with Gasteiger partial charge in [0, 0.05) is 29.2 Å². The summed E-state index contributed by atoms with van der Waals surface area (Å²) in [6, 6.07) is 26.5. The van der Waals surface area contributed by atoms with Crippen molar-refractivity contribution in [2.75, 3.05) is 0 Å². The summed E-state index contributed by atoms with van der Waals surface area (Å²) in [5.41, 5.74) is 5.81. The summed E-state index contributed by atoms with van der Waals surface area (Å²) in [6.07, 6.45) is 6.15. The largest absolute Gasteiger partial charge is 0.361 e. The molecule has 0 fully saturated rings. The van der Waals surface area contributed by atoms with Gasteiger partial charge >= 0.3 is 0 Å². The highest BCUT2D eigenvalue weighted by atomic mass is 16.2. The van der Waals surface area contributed by atoms with Gasteiger partial charge in [0.05, 0.1) is 23.3 Å². The molecule has 0 saturated carbocycles. The highest BCUT2D eigenvalue weighted by Gasteiger charge is 2.32. The average Bonchev–Trinajstić information content (AvgIpc) is 3.35. The van der Waals surface area contributed by atoms with E-state index in [4.69, 9.17) is 4.98 Å². The lowest BCUT2D eigenvalue weighted by Gasteiger charge is -2.16. The number of aromatic nitrogens is 2. The maximum absolute atomic E-state index is 13.2. The molecule has 5 aromatic rings. The van der Waals surface area contributed by atoms with Crippen LogP contribution in [0.2, 0.25) is 0 Å². The molecule has 0 saturated heterocycles. The maximum Gasteiger partial charge on any atom is 0.257 e. The van der Waals surface area contributed by atoms with E-state index in [0.717, 1.165) is 49.8 Å². The summed E-state index contributed by atoms with van der Waals surface area (Å²) >= 11 is 0. The zero-order chi connectivity index (χ0) is 21.5. The first-order chi connectivity index (χ1) is 15.8. The normalized spacial score (nSPS) is 13.5. The molecule has 32 heavy (non-hydrogen) atoms. The van der Waals surface area contributed by atoms with E-state index in [-0.39, 0.29) is 5.91 Å². The monoisotopic (exact) mass is 415 g/mol. The number of carbonyl (C=O) groups is 1. The first-order valence-corrected chi connectivity index (χ1v) is 10.8. The fourth-order valence-corrected chi connectivity index (χ4v) is 4.47. The van der Waals surface area contributed by atoms with E-state index in [9.17, 15) is 4.79 Å². The molecule has 3 heterocycles. The lowest BCUT2D eigenvalue weighted by molar-refractivity contribution is 0.0767. The summed E-state index contributed by atoms with van der Waals surface area (Å²) in [6.45, 7) is 1.16. The average molecular weight is 415 g/mol. The van der Waals surface area contributed by atoms with Crippen molar-refractivity contribution in [1.82, 2.24) is 14.9 Å². The molecule has 2 aromatic heterocycles. The van der Waals surface area contributed by atoms with Crippen molar-refractivity contribution in [3.63, 3.8) is 0 Å². The Bertz CT molecular complexity index is 1480. The van der Waals surface area contributed by atoms with Crippen LogP contribution in [0, 0.1) is 0 Å². The van der Waals surface area contributed by atoms with Gasteiger partial charge in [-0.25, -0.2) is 4.98 Å². The minimum atomic E-state index is 0.0670. The number of amides is 1. The van der Waals surface area contributed by atoms with Crippen LogP contribution >= 0.6 is 0 Å². The molecule has 3 aromatic carbocycles. The first-order valence-electron chi connectivity index (χ1n) is 10.8. The molecule has 6 rings (SSSR count). The smallest absolute Gasteiger partial charge is 0.257 e.